The maximum absolute atomic E-state index is 12.9. The lowest BCUT2D eigenvalue weighted by atomic mass is 9.86. The van der Waals surface area contributed by atoms with E-state index in [1.54, 1.807) is 0 Å². The first-order valence-electron chi connectivity index (χ1n) is 9.18. The Labute approximate surface area is 185 Å². The van der Waals surface area contributed by atoms with Gasteiger partial charge >= 0.3 is 6.18 Å². The van der Waals surface area contributed by atoms with Crippen molar-refractivity contribution in [1.82, 2.24) is 9.97 Å². The first kappa shape index (κ1) is 22.3. The Hall–Kier alpha value is -2.92. The summed E-state index contributed by atoms with van der Waals surface area (Å²) in [5, 5.41) is -0.0375. The number of benzene rings is 2. The molecular weight excluding hydrogens is 474 g/mol. The highest BCUT2D eigenvalue weighted by molar-refractivity contribution is 7.92. The van der Waals surface area contributed by atoms with Gasteiger partial charge in [-0.2, -0.15) is 13.2 Å². The fraction of sp³-hybridized carbons (Fsp3) is 0.200. The summed E-state index contributed by atoms with van der Waals surface area (Å²) >= 11 is 6.15. The Morgan fingerprint density at radius 2 is 1.75 bits per heavy atom. The average molecular weight is 488 g/mol. The Bertz CT molecular complexity index is 1270. The SMILES string of the molecule is O=S(=O)(Nc1ncc(F)cn1)c1ccc2c(c1)OCC[C@@H]2c1ccc(C(F)(F)F)cc1Cl. The van der Waals surface area contributed by atoms with Crippen LogP contribution in [-0.4, -0.2) is 25.0 Å². The Kier molecular flexibility index (Phi) is 5.72. The summed E-state index contributed by atoms with van der Waals surface area (Å²) in [6.45, 7) is 0.215. The fourth-order valence-corrected chi connectivity index (χ4v) is 4.68. The first-order valence-corrected chi connectivity index (χ1v) is 11.0. The van der Waals surface area contributed by atoms with Crippen LogP contribution in [0.2, 0.25) is 5.02 Å². The zero-order valence-corrected chi connectivity index (χ0v) is 17.6. The van der Waals surface area contributed by atoms with Crippen LogP contribution in [-0.2, 0) is 16.2 Å². The molecule has 0 spiro atoms. The van der Waals surface area contributed by atoms with E-state index in [1.807, 2.05) is 0 Å². The maximum atomic E-state index is 12.9. The molecule has 1 N–H and O–H groups in total. The Morgan fingerprint density at radius 1 is 1.06 bits per heavy atom. The molecule has 12 heteroatoms. The van der Waals surface area contributed by atoms with E-state index in [2.05, 4.69) is 14.7 Å². The molecule has 2 heterocycles. The van der Waals surface area contributed by atoms with Crippen molar-refractivity contribution >= 4 is 27.6 Å². The number of fused-ring (bicyclic) bond motifs is 1. The van der Waals surface area contributed by atoms with Crippen molar-refractivity contribution in [2.75, 3.05) is 11.3 Å². The van der Waals surface area contributed by atoms with Gasteiger partial charge in [0.2, 0.25) is 5.95 Å². The van der Waals surface area contributed by atoms with Gasteiger partial charge in [-0.1, -0.05) is 23.7 Å². The van der Waals surface area contributed by atoms with Gasteiger partial charge in [0.1, 0.15) is 5.75 Å². The molecule has 0 saturated heterocycles. The molecule has 1 aliphatic rings. The van der Waals surface area contributed by atoms with E-state index in [0.717, 1.165) is 24.5 Å². The lowest BCUT2D eigenvalue weighted by molar-refractivity contribution is -0.137. The van der Waals surface area contributed by atoms with Crippen molar-refractivity contribution in [1.29, 1.82) is 0 Å². The molecule has 0 unspecified atom stereocenters. The van der Waals surface area contributed by atoms with Crippen molar-refractivity contribution in [3.05, 3.63) is 76.3 Å². The number of anilines is 1. The van der Waals surface area contributed by atoms with Crippen molar-refractivity contribution in [2.45, 2.75) is 23.4 Å². The second-order valence-corrected chi connectivity index (χ2v) is 9.04. The van der Waals surface area contributed by atoms with Crippen molar-refractivity contribution < 1.29 is 30.7 Å². The summed E-state index contributed by atoms with van der Waals surface area (Å²) in [5.41, 5.74) is 0.224. The minimum Gasteiger partial charge on any atom is -0.493 e. The quantitative estimate of drug-likeness (QED) is 0.524. The molecule has 4 rings (SSSR count). The van der Waals surface area contributed by atoms with Crippen LogP contribution in [0.4, 0.5) is 23.5 Å². The van der Waals surface area contributed by atoms with E-state index in [-0.39, 0.29) is 34.1 Å². The predicted octanol–water partition coefficient (Wildman–Crippen LogP) is 5.00. The van der Waals surface area contributed by atoms with Crippen molar-refractivity contribution in [3.63, 3.8) is 0 Å². The minimum absolute atomic E-state index is 0.0375. The molecule has 6 nitrogen and oxygen atoms in total. The van der Waals surface area contributed by atoms with Crippen LogP contribution in [0.3, 0.4) is 0 Å². The fourth-order valence-electron chi connectivity index (χ4n) is 3.39. The van der Waals surface area contributed by atoms with Gasteiger partial charge in [-0.3, -0.25) is 0 Å². The van der Waals surface area contributed by atoms with Crippen LogP contribution in [0.1, 0.15) is 29.0 Å². The summed E-state index contributed by atoms with van der Waals surface area (Å²) < 4.78 is 84.8. The molecule has 1 atom stereocenters. The number of hydrogen-bond donors (Lipinski definition) is 1. The zero-order chi connectivity index (χ0) is 23.1. The normalized spacial score (nSPS) is 16.2. The van der Waals surface area contributed by atoms with Gasteiger partial charge in [0.15, 0.2) is 5.82 Å². The predicted molar refractivity (Wildman–Crippen MR) is 108 cm³/mol. The highest BCUT2D eigenvalue weighted by Gasteiger charge is 2.33. The summed E-state index contributed by atoms with van der Waals surface area (Å²) in [4.78, 5) is 6.97. The van der Waals surface area contributed by atoms with Gasteiger partial charge in [0, 0.05) is 22.6 Å². The smallest absolute Gasteiger partial charge is 0.416 e. The molecule has 168 valence electrons. The molecular formula is C20H14ClF4N3O3S. The number of nitrogens with zero attached hydrogens (tertiary/aromatic N) is 2. The Morgan fingerprint density at radius 3 is 2.41 bits per heavy atom. The second-order valence-electron chi connectivity index (χ2n) is 6.95. The molecule has 0 aliphatic carbocycles. The standard InChI is InChI=1S/C20H14ClF4N3O3S/c21-17-7-11(20(23,24)25)1-3-15(17)14-5-6-31-18-8-13(2-4-16(14)18)32(29,30)28-19-26-9-12(22)10-27-19/h1-4,7-10,14H,5-6H2,(H,26,27,28)/t14-/m1/s1. The van der Waals surface area contributed by atoms with E-state index in [1.165, 1.54) is 24.3 Å². The van der Waals surface area contributed by atoms with E-state index in [0.29, 0.717) is 17.5 Å². The first-order chi connectivity index (χ1) is 15.0. The molecule has 0 saturated carbocycles. The van der Waals surface area contributed by atoms with E-state index < -0.39 is 27.6 Å². The summed E-state index contributed by atoms with van der Waals surface area (Å²) in [5.74, 6) is -1.14. The number of alkyl halides is 3. The third-order valence-electron chi connectivity index (χ3n) is 4.88. The number of ether oxygens (including phenoxy) is 1. The van der Waals surface area contributed by atoms with Crippen LogP contribution in [0.5, 0.6) is 5.75 Å². The minimum atomic E-state index is -4.51. The number of rotatable bonds is 4. The molecule has 1 aromatic heterocycles. The zero-order valence-electron chi connectivity index (χ0n) is 16.0. The van der Waals surface area contributed by atoms with Crippen LogP contribution in [0.15, 0.2) is 53.7 Å². The molecule has 0 amide bonds. The van der Waals surface area contributed by atoms with Crippen molar-refractivity contribution in [3.8, 4) is 5.75 Å². The average Bonchev–Trinajstić information content (AvgIpc) is 2.74. The van der Waals surface area contributed by atoms with Crippen LogP contribution < -0.4 is 9.46 Å². The van der Waals surface area contributed by atoms with Gasteiger partial charge in [0.25, 0.3) is 10.0 Å². The lowest BCUT2D eigenvalue weighted by Crippen LogP contribution is -2.18. The third-order valence-corrected chi connectivity index (χ3v) is 6.54. The largest absolute Gasteiger partial charge is 0.493 e. The van der Waals surface area contributed by atoms with E-state index in [9.17, 15) is 26.0 Å². The molecule has 0 radical (unpaired) electrons. The van der Waals surface area contributed by atoms with Crippen LogP contribution in [0, 0.1) is 5.82 Å². The van der Waals surface area contributed by atoms with Crippen LogP contribution >= 0.6 is 11.6 Å². The van der Waals surface area contributed by atoms with Gasteiger partial charge in [-0.15, -0.1) is 0 Å². The van der Waals surface area contributed by atoms with Gasteiger partial charge in [-0.05, 0) is 30.2 Å². The number of sulfonamides is 1. The molecule has 1 aliphatic heterocycles. The number of halogens is 5. The summed E-state index contributed by atoms with van der Waals surface area (Å²) in [6, 6.07) is 7.30. The molecule has 3 aromatic rings. The monoisotopic (exact) mass is 487 g/mol. The number of nitrogens with one attached hydrogen (secondary N) is 1. The van der Waals surface area contributed by atoms with E-state index in [4.69, 9.17) is 16.3 Å². The number of hydrogen-bond acceptors (Lipinski definition) is 5. The lowest BCUT2D eigenvalue weighted by Gasteiger charge is -2.27. The molecule has 0 fully saturated rings. The molecule has 2 aromatic carbocycles. The van der Waals surface area contributed by atoms with E-state index >= 15 is 0 Å². The van der Waals surface area contributed by atoms with Gasteiger partial charge < -0.3 is 4.74 Å². The van der Waals surface area contributed by atoms with Gasteiger partial charge in [-0.25, -0.2) is 27.5 Å². The number of aromatic nitrogens is 2. The van der Waals surface area contributed by atoms with Crippen molar-refractivity contribution in [2.24, 2.45) is 0 Å². The third kappa shape index (κ3) is 4.49. The second kappa shape index (κ2) is 8.21. The molecule has 32 heavy (non-hydrogen) atoms. The maximum Gasteiger partial charge on any atom is 0.416 e. The highest BCUT2D eigenvalue weighted by atomic mass is 35.5. The van der Waals surface area contributed by atoms with Gasteiger partial charge in [0.05, 0.1) is 29.5 Å². The molecule has 0 bridgehead atoms. The highest BCUT2D eigenvalue weighted by Crippen LogP contribution is 2.43. The van der Waals surface area contributed by atoms with Crippen LogP contribution in [0.25, 0.3) is 0 Å². The summed E-state index contributed by atoms with van der Waals surface area (Å²) in [7, 11) is -4.10. The Balaban J connectivity index is 1.65. The topological polar surface area (TPSA) is 81.2 Å². The summed E-state index contributed by atoms with van der Waals surface area (Å²) in [6.07, 6.45) is -2.43.